The van der Waals surface area contributed by atoms with Crippen molar-refractivity contribution in [2.24, 2.45) is 0 Å². The van der Waals surface area contributed by atoms with Gasteiger partial charge in [0, 0.05) is 0 Å². The van der Waals surface area contributed by atoms with Crippen molar-refractivity contribution in [3.8, 4) is 0 Å². The lowest BCUT2D eigenvalue weighted by Crippen LogP contribution is -2.32. The van der Waals surface area contributed by atoms with Gasteiger partial charge in [0.25, 0.3) is 11.3 Å². The Morgan fingerprint density at radius 2 is 1.05 bits per heavy atom. The Balaban J connectivity index is 3.57. The molecule has 11 heteroatoms. The summed E-state index contributed by atoms with van der Waals surface area (Å²) in [5.41, 5.74) is -6.03. The van der Waals surface area contributed by atoms with Crippen LogP contribution in [0.15, 0.2) is 0 Å². The van der Waals surface area contributed by atoms with Crippen molar-refractivity contribution in [1.82, 2.24) is 0 Å². The third-order valence-corrected chi connectivity index (χ3v) is 2.06. The van der Waals surface area contributed by atoms with Gasteiger partial charge in [-0.15, -0.1) is 0 Å². The van der Waals surface area contributed by atoms with E-state index in [4.69, 9.17) is 0 Å². The summed E-state index contributed by atoms with van der Waals surface area (Å²) in [5.74, 6) is 0. The first kappa shape index (κ1) is 19.0. The lowest BCUT2D eigenvalue weighted by molar-refractivity contribution is -0.267. The van der Waals surface area contributed by atoms with Gasteiger partial charge in [0.15, 0.2) is 0 Å². The Hall–Kier alpha value is 0.0400. The molecule has 0 aromatic rings. The molecule has 0 aliphatic carbocycles. The summed E-state index contributed by atoms with van der Waals surface area (Å²) in [6.07, 6.45) is -8.34. The number of ether oxygens (including phenoxy) is 3. The molecule has 19 heavy (non-hydrogen) atoms. The zero-order valence-electron chi connectivity index (χ0n) is 9.23. The van der Waals surface area contributed by atoms with Crippen LogP contribution in [-0.4, -0.2) is 49.9 Å². The van der Waals surface area contributed by atoms with Gasteiger partial charge in [0.05, 0.1) is 26.4 Å². The lowest BCUT2D eigenvalue weighted by atomic mass is 10.6. The minimum Gasteiger partial charge on any atom is -0.377 e. The van der Waals surface area contributed by atoms with E-state index in [1.807, 2.05) is 0 Å². The molecule has 0 unspecified atom stereocenters. The molecule has 0 bridgehead atoms. The fourth-order valence-electron chi connectivity index (χ4n) is 0.701. The van der Waals surface area contributed by atoms with Gasteiger partial charge in [-0.1, -0.05) is 23.2 Å². The Bertz CT molecular complexity index is 231. The summed E-state index contributed by atoms with van der Waals surface area (Å²) in [6.45, 7) is -2.35. The first-order chi connectivity index (χ1) is 8.59. The zero-order valence-corrected chi connectivity index (χ0v) is 10.7. The second-order valence-corrected chi connectivity index (χ2v) is 3.80. The van der Waals surface area contributed by atoms with Crippen LogP contribution in [0.5, 0.6) is 0 Å². The van der Waals surface area contributed by atoms with Crippen molar-refractivity contribution >= 4 is 23.2 Å². The molecule has 0 aromatic carbocycles. The highest BCUT2D eigenvalue weighted by Crippen LogP contribution is 2.26. The summed E-state index contributed by atoms with van der Waals surface area (Å²) in [4.78, 5) is 0. The molecule has 0 saturated heterocycles. The molecule has 2 atom stereocenters. The van der Waals surface area contributed by atoms with Crippen molar-refractivity contribution in [2.75, 3.05) is 26.4 Å². The molecule has 0 spiro atoms. The molecule has 0 radical (unpaired) electrons. The SMILES string of the molecule is F[C@@H](Cl)C(F)(F)OCCOCCOC(F)(F)[C@@H](F)Cl. The Morgan fingerprint density at radius 1 is 0.737 bits per heavy atom. The minimum absolute atomic E-state index is 0.450. The maximum atomic E-state index is 12.4. The fourth-order valence-corrected chi connectivity index (χ4v) is 0.827. The lowest BCUT2D eigenvalue weighted by Gasteiger charge is -2.17. The predicted molar refractivity (Wildman–Crippen MR) is 54.1 cm³/mol. The molecule has 0 amide bonds. The quantitative estimate of drug-likeness (QED) is 0.347. The molecule has 0 saturated carbocycles. The molecule has 0 aliphatic rings. The predicted octanol–water partition coefficient (Wildman–Crippen LogP) is 3.29. The second kappa shape index (κ2) is 8.35. The molecular weight excluding hydrogens is 329 g/mol. The van der Waals surface area contributed by atoms with Crippen molar-refractivity contribution in [1.29, 1.82) is 0 Å². The first-order valence-corrected chi connectivity index (χ1v) is 5.64. The van der Waals surface area contributed by atoms with Crippen LogP contribution in [0, 0.1) is 0 Å². The van der Waals surface area contributed by atoms with E-state index in [0.717, 1.165) is 0 Å². The van der Waals surface area contributed by atoms with E-state index in [1.165, 1.54) is 0 Å². The van der Waals surface area contributed by atoms with Crippen LogP contribution >= 0.6 is 23.2 Å². The molecule has 0 aliphatic heterocycles. The normalized spacial score (nSPS) is 16.4. The van der Waals surface area contributed by atoms with Gasteiger partial charge in [0.1, 0.15) is 0 Å². The summed E-state index contributed by atoms with van der Waals surface area (Å²) in [5, 5.41) is 0. The van der Waals surface area contributed by atoms with Crippen LogP contribution < -0.4 is 0 Å². The smallest absolute Gasteiger partial charge is 0.377 e. The van der Waals surface area contributed by atoms with E-state index < -0.39 is 49.9 Å². The van der Waals surface area contributed by atoms with E-state index in [0.29, 0.717) is 0 Å². The van der Waals surface area contributed by atoms with Gasteiger partial charge in [-0.25, -0.2) is 8.78 Å². The maximum absolute atomic E-state index is 12.4. The standard InChI is InChI=1S/C8H10Cl2F6O3/c9-5(11)7(13,14)18-3-1-17-2-4-19-8(15,16)6(10)12/h5-6H,1-4H2/t5-,6-/m1/s1. The summed E-state index contributed by atoms with van der Waals surface area (Å²) < 4.78 is 85.7. The Morgan fingerprint density at radius 3 is 1.32 bits per heavy atom. The monoisotopic (exact) mass is 338 g/mol. The van der Waals surface area contributed by atoms with Crippen LogP contribution in [0.25, 0.3) is 0 Å². The van der Waals surface area contributed by atoms with Gasteiger partial charge in [-0.2, -0.15) is 17.6 Å². The van der Waals surface area contributed by atoms with Crippen molar-refractivity contribution in [3.05, 3.63) is 0 Å². The Kier molecular flexibility index (Phi) is 8.37. The number of hydrogen-bond donors (Lipinski definition) is 0. The molecule has 0 heterocycles. The summed E-state index contributed by atoms with van der Waals surface area (Å²) >= 11 is 8.96. The van der Waals surface area contributed by atoms with Crippen LogP contribution in [-0.2, 0) is 14.2 Å². The van der Waals surface area contributed by atoms with E-state index in [-0.39, 0.29) is 0 Å². The van der Waals surface area contributed by atoms with Crippen LogP contribution in [0.2, 0.25) is 0 Å². The second-order valence-electron chi connectivity index (χ2n) is 3.03. The van der Waals surface area contributed by atoms with E-state index >= 15 is 0 Å². The van der Waals surface area contributed by atoms with Gasteiger partial charge >= 0.3 is 12.2 Å². The summed E-state index contributed by atoms with van der Waals surface area (Å²) in [6, 6.07) is 0. The topological polar surface area (TPSA) is 27.7 Å². The fraction of sp³-hybridized carbons (Fsp3) is 1.00. The highest BCUT2D eigenvalue weighted by Gasteiger charge is 2.41. The van der Waals surface area contributed by atoms with Crippen molar-refractivity contribution in [2.45, 2.75) is 23.5 Å². The molecular formula is C8H10Cl2F6O3. The van der Waals surface area contributed by atoms with Crippen molar-refractivity contribution < 1.29 is 40.6 Å². The average Bonchev–Trinajstić information content (AvgIpc) is 2.27. The average molecular weight is 339 g/mol. The molecule has 116 valence electrons. The van der Waals surface area contributed by atoms with Gasteiger partial charge in [-0.05, 0) is 0 Å². The molecule has 3 nitrogen and oxygen atoms in total. The molecule has 0 N–H and O–H groups in total. The zero-order chi connectivity index (χ0) is 15.1. The van der Waals surface area contributed by atoms with Crippen molar-refractivity contribution in [3.63, 3.8) is 0 Å². The van der Waals surface area contributed by atoms with E-state index in [2.05, 4.69) is 37.4 Å². The first-order valence-electron chi connectivity index (χ1n) is 4.77. The molecule has 0 rings (SSSR count). The highest BCUT2D eigenvalue weighted by molar-refractivity contribution is 6.20. The minimum atomic E-state index is -4.17. The van der Waals surface area contributed by atoms with Gasteiger partial charge in [-0.3, -0.25) is 0 Å². The maximum Gasteiger partial charge on any atom is 0.401 e. The number of halogens is 8. The molecule has 0 aromatic heterocycles. The number of alkyl halides is 8. The Labute approximate surface area is 114 Å². The molecule has 0 fully saturated rings. The van der Waals surface area contributed by atoms with E-state index in [9.17, 15) is 26.3 Å². The van der Waals surface area contributed by atoms with Gasteiger partial charge in [0.2, 0.25) is 0 Å². The van der Waals surface area contributed by atoms with Crippen LogP contribution in [0.1, 0.15) is 0 Å². The number of hydrogen-bond acceptors (Lipinski definition) is 3. The van der Waals surface area contributed by atoms with Crippen LogP contribution in [0.3, 0.4) is 0 Å². The van der Waals surface area contributed by atoms with Gasteiger partial charge < -0.3 is 14.2 Å². The van der Waals surface area contributed by atoms with E-state index in [1.54, 1.807) is 0 Å². The third kappa shape index (κ3) is 8.03. The summed E-state index contributed by atoms with van der Waals surface area (Å²) in [7, 11) is 0. The number of rotatable bonds is 10. The highest BCUT2D eigenvalue weighted by atomic mass is 35.5. The third-order valence-electron chi connectivity index (χ3n) is 1.55. The van der Waals surface area contributed by atoms with Crippen LogP contribution in [0.4, 0.5) is 26.3 Å². The largest absolute Gasteiger partial charge is 0.401 e.